The molecule has 1 aliphatic heterocycles. The predicted molar refractivity (Wildman–Crippen MR) is 116 cm³/mol. The molecule has 31 heavy (non-hydrogen) atoms. The minimum absolute atomic E-state index is 0.0160. The number of carbonyl (C=O) groups is 2. The lowest BCUT2D eigenvalue weighted by Crippen LogP contribution is -2.62. The maximum Gasteiger partial charge on any atom is 0.260 e. The van der Waals surface area contributed by atoms with Crippen molar-refractivity contribution < 1.29 is 18.0 Å². The Morgan fingerprint density at radius 3 is 2.19 bits per heavy atom. The van der Waals surface area contributed by atoms with Crippen LogP contribution < -0.4 is 0 Å². The fourth-order valence-electron chi connectivity index (χ4n) is 4.88. The first-order chi connectivity index (χ1) is 14.7. The first-order valence-corrected chi connectivity index (χ1v) is 11.6. The van der Waals surface area contributed by atoms with E-state index in [1.54, 1.807) is 19.1 Å². The fraction of sp³-hybridized carbons (Fsp3) is 0.375. The molecule has 1 spiro atoms. The van der Waals surface area contributed by atoms with Crippen LogP contribution in [0.15, 0.2) is 41.6 Å². The summed E-state index contributed by atoms with van der Waals surface area (Å²) in [5, 5.41) is -0.0160. The monoisotopic (exact) mass is 436 g/mol. The SMILES string of the molecule is CC#Cc1cc(C)c(C2C(=O)CC3(CC2=O)CN(S(=O)(=O)c2ccccn2)C3)c(C)c1. The van der Waals surface area contributed by atoms with Crippen molar-refractivity contribution in [3.8, 4) is 11.8 Å². The third-order valence-corrected chi connectivity index (χ3v) is 7.87. The maximum atomic E-state index is 13.1. The second kappa shape index (κ2) is 7.70. The Morgan fingerprint density at radius 1 is 1.06 bits per heavy atom. The second-order valence-electron chi connectivity index (χ2n) is 8.56. The van der Waals surface area contributed by atoms with Gasteiger partial charge in [-0.2, -0.15) is 4.31 Å². The van der Waals surface area contributed by atoms with Gasteiger partial charge in [0.2, 0.25) is 0 Å². The van der Waals surface area contributed by atoms with Gasteiger partial charge in [0.1, 0.15) is 17.5 Å². The van der Waals surface area contributed by atoms with Gasteiger partial charge in [-0.3, -0.25) is 9.59 Å². The van der Waals surface area contributed by atoms with Crippen molar-refractivity contribution in [2.45, 2.75) is 44.6 Å². The van der Waals surface area contributed by atoms with Crippen LogP contribution in [0.2, 0.25) is 0 Å². The highest BCUT2D eigenvalue weighted by Crippen LogP contribution is 2.47. The molecule has 1 saturated carbocycles. The van der Waals surface area contributed by atoms with E-state index in [0.29, 0.717) is 0 Å². The molecule has 1 saturated heterocycles. The van der Waals surface area contributed by atoms with Gasteiger partial charge in [0.25, 0.3) is 10.0 Å². The first-order valence-electron chi connectivity index (χ1n) is 10.2. The van der Waals surface area contributed by atoms with E-state index in [4.69, 9.17) is 0 Å². The van der Waals surface area contributed by atoms with Gasteiger partial charge in [0, 0.05) is 43.1 Å². The quantitative estimate of drug-likeness (QED) is 0.546. The van der Waals surface area contributed by atoms with Crippen molar-refractivity contribution in [2.75, 3.05) is 13.1 Å². The number of rotatable bonds is 3. The number of benzene rings is 1. The molecule has 0 amide bonds. The highest BCUT2D eigenvalue weighted by molar-refractivity contribution is 7.89. The summed E-state index contributed by atoms with van der Waals surface area (Å²) in [4.78, 5) is 30.2. The van der Waals surface area contributed by atoms with Crippen LogP contribution in [0, 0.1) is 31.1 Å². The van der Waals surface area contributed by atoms with E-state index in [2.05, 4.69) is 16.8 Å². The van der Waals surface area contributed by atoms with Gasteiger partial charge >= 0.3 is 0 Å². The van der Waals surface area contributed by atoms with Crippen molar-refractivity contribution >= 4 is 21.6 Å². The molecule has 1 aromatic carbocycles. The van der Waals surface area contributed by atoms with Crippen molar-refractivity contribution in [1.82, 2.24) is 9.29 Å². The lowest BCUT2D eigenvalue weighted by atomic mass is 9.63. The molecule has 2 fully saturated rings. The molecule has 0 N–H and O–H groups in total. The molecule has 0 unspecified atom stereocenters. The average molecular weight is 437 g/mol. The number of aromatic nitrogens is 1. The Hall–Kier alpha value is -2.82. The standard InChI is InChI=1S/C24H24N2O4S/c1-4-7-18-10-16(2)22(17(3)11-18)23-19(27)12-24(13-20(23)28)14-26(15-24)31(29,30)21-8-5-6-9-25-21/h5-6,8-11,23H,12-15H2,1-3H3. The Kier molecular flexibility index (Phi) is 5.32. The zero-order chi connectivity index (χ0) is 22.4. The van der Waals surface area contributed by atoms with Gasteiger partial charge in [-0.15, -0.1) is 5.92 Å². The summed E-state index contributed by atoms with van der Waals surface area (Å²) in [6.07, 6.45) is 1.84. The number of ketones is 2. The third kappa shape index (κ3) is 3.71. The van der Waals surface area contributed by atoms with E-state index in [0.717, 1.165) is 22.3 Å². The van der Waals surface area contributed by atoms with Crippen molar-refractivity contribution in [3.63, 3.8) is 0 Å². The van der Waals surface area contributed by atoms with Gasteiger partial charge in [-0.25, -0.2) is 13.4 Å². The third-order valence-electron chi connectivity index (χ3n) is 6.16. The van der Waals surface area contributed by atoms with Gasteiger partial charge in [0.05, 0.1) is 0 Å². The van der Waals surface area contributed by atoms with E-state index in [9.17, 15) is 18.0 Å². The molecular weight excluding hydrogens is 412 g/mol. The minimum atomic E-state index is -3.72. The van der Waals surface area contributed by atoms with E-state index < -0.39 is 21.4 Å². The fourth-order valence-corrected chi connectivity index (χ4v) is 6.48. The van der Waals surface area contributed by atoms with E-state index in [-0.39, 0.29) is 42.5 Å². The van der Waals surface area contributed by atoms with Crippen LogP contribution in [0.25, 0.3) is 0 Å². The molecule has 0 radical (unpaired) electrons. The second-order valence-corrected chi connectivity index (χ2v) is 10.4. The largest absolute Gasteiger partial charge is 0.298 e. The van der Waals surface area contributed by atoms with E-state index in [1.165, 1.54) is 16.6 Å². The molecule has 4 rings (SSSR count). The number of Topliss-reactive ketones (excluding diaryl/α,β-unsaturated/α-hetero) is 2. The number of carbonyl (C=O) groups excluding carboxylic acids is 2. The minimum Gasteiger partial charge on any atom is -0.298 e. The smallest absolute Gasteiger partial charge is 0.260 e. The van der Waals surface area contributed by atoms with Crippen LogP contribution in [0.4, 0.5) is 0 Å². The van der Waals surface area contributed by atoms with Crippen LogP contribution in [0.1, 0.15) is 47.9 Å². The van der Waals surface area contributed by atoms with Crippen molar-refractivity contribution in [2.24, 2.45) is 5.41 Å². The molecule has 0 atom stereocenters. The number of pyridine rings is 1. The topological polar surface area (TPSA) is 84.4 Å². The van der Waals surface area contributed by atoms with Crippen molar-refractivity contribution in [3.05, 3.63) is 58.8 Å². The average Bonchev–Trinajstić information content (AvgIpc) is 2.68. The number of hydrogen-bond acceptors (Lipinski definition) is 5. The van der Waals surface area contributed by atoms with Gasteiger partial charge < -0.3 is 0 Å². The number of hydrogen-bond donors (Lipinski definition) is 0. The van der Waals surface area contributed by atoms with Crippen LogP contribution >= 0.6 is 0 Å². The molecular formula is C24H24N2O4S. The molecule has 2 aliphatic rings. The van der Waals surface area contributed by atoms with Crippen molar-refractivity contribution in [1.29, 1.82) is 0 Å². The molecule has 2 heterocycles. The highest BCUT2D eigenvalue weighted by Gasteiger charge is 2.55. The van der Waals surface area contributed by atoms with Gasteiger partial charge in [-0.1, -0.05) is 12.0 Å². The number of nitrogens with zero attached hydrogens (tertiary/aromatic N) is 2. The summed E-state index contributed by atoms with van der Waals surface area (Å²) in [5.41, 5.74) is 2.79. The van der Waals surface area contributed by atoms with Crippen LogP contribution in [0.5, 0.6) is 0 Å². The summed E-state index contributed by atoms with van der Waals surface area (Å²) in [6.45, 7) is 5.90. The predicted octanol–water partition coefficient (Wildman–Crippen LogP) is 2.78. The summed E-state index contributed by atoms with van der Waals surface area (Å²) >= 11 is 0. The molecule has 1 aliphatic carbocycles. The Balaban J connectivity index is 1.55. The molecule has 7 heteroatoms. The number of aryl methyl sites for hydroxylation is 2. The molecule has 6 nitrogen and oxygen atoms in total. The first kappa shape index (κ1) is 21.4. The zero-order valence-corrected chi connectivity index (χ0v) is 18.6. The molecule has 2 aromatic rings. The summed E-state index contributed by atoms with van der Waals surface area (Å²) < 4.78 is 26.8. The lowest BCUT2D eigenvalue weighted by molar-refractivity contribution is -0.140. The van der Waals surface area contributed by atoms with Crippen LogP contribution in [-0.2, 0) is 19.6 Å². The van der Waals surface area contributed by atoms with Crippen LogP contribution in [0.3, 0.4) is 0 Å². The zero-order valence-electron chi connectivity index (χ0n) is 17.8. The van der Waals surface area contributed by atoms with E-state index in [1.807, 2.05) is 26.0 Å². The normalized spacial score (nSPS) is 19.1. The Labute approximate surface area is 182 Å². The molecule has 1 aromatic heterocycles. The Morgan fingerprint density at radius 2 is 1.68 bits per heavy atom. The van der Waals surface area contributed by atoms with Gasteiger partial charge in [-0.05, 0) is 61.7 Å². The Bertz CT molecular complexity index is 1190. The van der Waals surface area contributed by atoms with Gasteiger partial charge in [0.15, 0.2) is 5.03 Å². The molecule has 160 valence electrons. The molecule has 0 bridgehead atoms. The van der Waals surface area contributed by atoms with Crippen LogP contribution in [-0.4, -0.2) is 42.4 Å². The lowest BCUT2D eigenvalue weighted by Gasteiger charge is -2.51. The summed E-state index contributed by atoms with van der Waals surface area (Å²) in [5.74, 6) is 4.84. The maximum absolute atomic E-state index is 13.1. The number of sulfonamides is 1. The summed E-state index contributed by atoms with van der Waals surface area (Å²) in [6, 6.07) is 8.55. The highest BCUT2D eigenvalue weighted by atomic mass is 32.2. The van der Waals surface area contributed by atoms with E-state index >= 15 is 0 Å². The summed E-state index contributed by atoms with van der Waals surface area (Å²) in [7, 11) is -3.72.